The molecule has 0 aliphatic rings. The number of amides is 1. The first-order chi connectivity index (χ1) is 8.27. The van der Waals surface area contributed by atoms with Crippen molar-refractivity contribution in [3.05, 3.63) is 35.4 Å². The topological polar surface area (TPSA) is 60.8 Å². The molecule has 4 heteroatoms. The molecule has 1 aromatic rings. The number of nitrogens with zero attached hydrogens (tertiary/aromatic N) is 1. The van der Waals surface area contributed by atoms with Crippen LogP contribution in [0.1, 0.15) is 44.9 Å². The second-order valence-electron chi connectivity index (χ2n) is 5.40. The van der Waals surface area contributed by atoms with E-state index in [1.54, 1.807) is 0 Å². The molecule has 0 aliphatic heterocycles. The lowest BCUT2D eigenvalue weighted by atomic mass is 9.99. The van der Waals surface area contributed by atoms with E-state index in [1.807, 2.05) is 52.0 Å². The van der Waals surface area contributed by atoms with E-state index in [9.17, 15) is 9.90 Å². The Balaban J connectivity index is 3.02. The van der Waals surface area contributed by atoms with Crippen molar-refractivity contribution in [2.24, 2.45) is 0 Å². The van der Waals surface area contributed by atoms with E-state index in [1.165, 1.54) is 4.90 Å². The van der Waals surface area contributed by atoms with Crippen LogP contribution in [-0.2, 0) is 6.61 Å². The van der Waals surface area contributed by atoms with E-state index in [0.717, 1.165) is 11.1 Å². The lowest BCUT2D eigenvalue weighted by molar-refractivity contribution is 0.0753. The van der Waals surface area contributed by atoms with Crippen molar-refractivity contribution < 1.29 is 15.0 Å². The molecule has 0 spiro atoms. The van der Waals surface area contributed by atoms with E-state index in [-0.39, 0.29) is 12.6 Å². The fourth-order valence-electron chi connectivity index (χ4n) is 2.08. The highest BCUT2D eigenvalue weighted by Gasteiger charge is 2.31. The van der Waals surface area contributed by atoms with Gasteiger partial charge in [0.15, 0.2) is 0 Å². The molecular weight excluding hydrogens is 230 g/mol. The van der Waals surface area contributed by atoms with Gasteiger partial charge in [0.2, 0.25) is 0 Å². The van der Waals surface area contributed by atoms with E-state index < -0.39 is 11.6 Å². The molecule has 4 nitrogen and oxygen atoms in total. The van der Waals surface area contributed by atoms with Crippen molar-refractivity contribution in [1.82, 2.24) is 4.90 Å². The number of benzene rings is 1. The van der Waals surface area contributed by atoms with Crippen molar-refractivity contribution in [3.63, 3.8) is 0 Å². The molecular formula is C14H21NO3. The maximum absolute atomic E-state index is 11.4. The lowest BCUT2D eigenvalue weighted by Gasteiger charge is -2.38. The Morgan fingerprint density at radius 2 is 1.78 bits per heavy atom. The second kappa shape index (κ2) is 5.40. The number of rotatable bonds is 3. The minimum absolute atomic E-state index is 0.00340. The van der Waals surface area contributed by atoms with Gasteiger partial charge >= 0.3 is 6.09 Å². The molecule has 1 atom stereocenters. The van der Waals surface area contributed by atoms with Gasteiger partial charge in [-0.2, -0.15) is 0 Å². The van der Waals surface area contributed by atoms with Crippen LogP contribution in [0.5, 0.6) is 0 Å². The normalized spacial score (nSPS) is 13.2. The Kier molecular flexibility index (Phi) is 4.35. The zero-order valence-corrected chi connectivity index (χ0v) is 11.3. The Labute approximate surface area is 108 Å². The Bertz CT molecular complexity index is 406. The summed E-state index contributed by atoms with van der Waals surface area (Å²) in [6, 6.07) is 7.12. The van der Waals surface area contributed by atoms with Crippen LogP contribution in [0.3, 0.4) is 0 Å². The summed E-state index contributed by atoms with van der Waals surface area (Å²) in [5, 5.41) is 18.3. The molecule has 1 aromatic carbocycles. The van der Waals surface area contributed by atoms with Gasteiger partial charge in [0.05, 0.1) is 12.6 Å². The highest BCUT2D eigenvalue weighted by atomic mass is 16.4. The molecule has 0 bridgehead atoms. The summed E-state index contributed by atoms with van der Waals surface area (Å²) in [7, 11) is 0. The SMILES string of the molecule is CC(c1ccc(CO)cc1)N(C(=O)O)C(C)(C)C. The van der Waals surface area contributed by atoms with Gasteiger partial charge < -0.3 is 10.2 Å². The van der Waals surface area contributed by atoms with Gasteiger partial charge in [-0.25, -0.2) is 4.79 Å². The first kappa shape index (κ1) is 14.5. The maximum Gasteiger partial charge on any atom is 0.408 e. The molecule has 18 heavy (non-hydrogen) atoms. The van der Waals surface area contributed by atoms with Gasteiger partial charge in [-0.3, -0.25) is 4.90 Å². The average molecular weight is 251 g/mol. The van der Waals surface area contributed by atoms with Crippen LogP contribution in [0.4, 0.5) is 4.79 Å². The molecule has 0 fully saturated rings. The standard InChI is InChI=1S/C14H21NO3/c1-10(15(13(17)18)14(2,3)4)12-7-5-11(9-16)6-8-12/h5-8,10,16H,9H2,1-4H3,(H,17,18). The van der Waals surface area contributed by atoms with Crippen LogP contribution in [0.2, 0.25) is 0 Å². The molecule has 0 aromatic heterocycles. The summed E-state index contributed by atoms with van der Waals surface area (Å²) in [4.78, 5) is 12.8. The number of carbonyl (C=O) groups is 1. The predicted molar refractivity (Wildman–Crippen MR) is 70.4 cm³/mol. The molecule has 1 amide bonds. The minimum atomic E-state index is -0.929. The lowest BCUT2D eigenvalue weighted by Crippen LogP contribution is -2.46. The Morgan fingerprint density at radius 3 is 2.11 bits per heavy atom. The van der Waals surface area contributed by atoms with E-state index in [2.05, 4.69) is 0 Å². The molecule has 0 saturated heterocycles. The molecule has 0 saturated carbocycles. The number of aliphatic hydroxyl groups is 1. The smallest absolute Gasteiger partial charge is 0.408 e. The van der Waals surface area contributed by atoms with E-state index in [4.69, 9.17) is 5.11 Å². The zero-order chi connectivity index (χ0) is 13.9. The average Bonchev–Trinajstić information content (AvgIpc) is 2.26. The molecule has 100 valence electrons. The minimum Gasteiger partial charge on any atom is -0.465 e. The van der Waals surface area contributed by atoms with Crippen LogP contribution in [0.25, 0.3) is 0 Å². The van der Waals surface area contributed by atoms with Crippen molar-refractivity contribution in [2.75, 3.05) is 0 Å². The van der Waals surface area contributed by atoms with Crippen molar-refractivity contribution in [1.29, 1.82) is 0 Å². The Hall–Kier alpha value is -1.55. The van der Waals surface area contributed by atoms with Gasteiger partial charge in [-0.05, 0) is 38.8 Å². The second-order valence-corrected chi connectivity index (χ2v) is 5.40. The van der Waals surface area contributed by atoms with Crippen LogP contribution < -0.4 is 0 Å². The molecule has 0 heterocycles. The van der Waals surface area contributed by atoms with Crippen LogP contribution >= 0.6 is 0 Å². The fourth-order valence-corrected chi connectivity index (χ4v) is 2.08. The quantitative estimate of drug-likeness (QED) is 0.868. The van der Waals surface area contributed by atoms with Crippen LogP contribution in [-0.4, -0.2) is 26.7 Å². The third-order valence-electron chi connectivity index (χ3n) is 2.96. The third kappa shape index (κ3) is 3.23. The van der Waals surface area contributed by atoms with Gasteiger partial charge in [0.1, 0.15) is 0 Å². The maximum atomic E-state index is 11.4. The van der Waals surface area contributed by atoms with E-state index in [0.29, 0.717) is 0 Å². The highest BCUT2D eigenvalue weighted by Crippen LogP contribution is 2.28. The molecule has 1 unspecified atom stereocenters. The van der Waals surface area contributed by atoms with E-state index >= 15 is 0 Å². The number of aliphatic hydroxyl groups excluding tert-OH is 1. The summed E-state index contributed by atoms with van der Waals surface area (Å²) in [6.07, 6.45) is -0.929. The summed E-state index contributed by atoms with van der Waals surface area (Å²) in [6.45, 7) is 7.49. The fraction of sp³-hybridized carbons (Fsp3) is 0.500. The highest BCUT2D eigenvalue weighted by molar-refractivity contribution is 5.66. The van der Waals surface area contributed by atoms with Gasteiger partial charge in [0, 0.05) is 5.54 Å². The van der Waals surface area contributed by atoms with Crippen molar-refractivity contribution in [3.8, 4) is 0 Å². The number of hydrogen-bond donors (Lipinski definition) is 2. The first-order valence-electron chi connectivity index (χ1n) is 5.99. The van der Waals surface area contributed by atoms with Crippen LogP contribution in [0.15, 0.2) is 24.3 Å². The van der Waals surface area contributed by atoms with Crippen molar-refractivity contribution in [2.45, 2.75) is 45.9 Å². The summed E-state index contributed by atoms with van der Waals surface area (Å²) in [5.41, 5.74) is 1.29. The largest absolute Gasteiger partial charge is 0.465 e. The van der Waals surface area contributed by atoms with Crippen LogP contribution in [0, 0.1) is 0 Å². The third-order valence-corrected chi connectivity index (χ3v) is 2.96. The monoisotopic (exact) mass is 251 g/mol. The van der Waals surface area contributed by atoms with Gasteiger partial charge in [-0.15, -0.1) is 0 Å². The summed E-state index contributed by atoms with van der Waals surface area (Å²) < 4.78 is 0. The first-order valence-corrected chi connectivity index (χ1v) is 5.99. The summed E-state index contributed by atoms with van der Waals surface area (Å²) >= 11 is 0. The van der Waals surface area contributed by atoms with Gasteiger partial charge in [0.25, 0.3) is 0 Å². The molecule has 2 N–H and O–H groups in total. The molecule has 0 aliphatic carbocycles. The molecule has 1 rings (SSSR count). The summed E-state index contributed by atoms with van der Waals surface area (Å²) in [5.74, 6) is 0. The van der Waals surface area contributed by atoms with Crippen molar-refractivity contribution >= 4 is 6.09 Å². The predicted octanol–water partition coefficient (Wildman–Crippen LogP) is 3.02. The number of hydrogen-bond acceptors (Lipinski definition) is 2. The Morgan fingerprint density at radius 1 is 1.28 bits per heavy atom. The van der Waals surface area contributed by atoms with Gasteiger partial charge in [-0.1, -0.05) is 24.3 Å². The molecule has 0 radical (unpaired) electrons. The number of carboxylic acid groups (broad SMARTS) is 1. The zero-order valence-electron chi connectivity index (χ0n) is 11.3.